The average molecular weight is 396 g/mol. The van der Waals surface area contributed by atoms with Crippen molar-refractivity contribution in [1.82, 2.24) is 9.97 Å². The first kappa shape index (κ1) is 20.0. The van der Waals surface area contributed by atoms with Gasteiger partial charge in [0.25, 0.3) is 5.91 Å². The van der Waals surface area contributed by atoms with Gasteiger partial charge in [-0.1, -0.05) is 17.7 Å². The maximum Gasteiger partial charge on any atom is 0.254 e. The normalized spacial score (nSPS) is 13.2. The number of hydrogen-bond donors (Lipinski definition) is 4. The number of aromatic nitrogens is 2. The van der Waals surface area contributed by atoms with Crippen molar-refractivity contribution in [2.45, 2.75) is 19.8 Å². The van der Waals surface area contributed by atoms with E-state index in [0.29, 0.717) is 30.8 Å². The van der Waals surface area contributed by atoms with Gasteiger partial charge in [-0.2, -0.15) is 4.98 Å². The van der Waals surface area contributed by atoms with Gasteiger partial charge in [-0.3, -0.25) is 9.59 Å². The van der Waals surface area contributed by atoms with Gasteiger partial charge in [-0.25, -0.2) is 9.37 Å². The van der Waals surface area contributed by atoms with Crippen molar-refractivity contribution < 1.29 is 14.0 Å². The molecule has 0 unspecified atom stereocenters. The van der Waals surface area contributed by atoms with Crippen LogP contribution in [0.25, 0.3) is 0 Å². The minimum absolute atomic E-state index is 0.151. The van der Waals surface area contributed by atoms with E-state index >= 15 is 0 Å². The van der Waals surface area contributed by atoms with Gasteiger partial charge < -0.3 is 21.7 Å². The standard InChI is InChI=1S/C20H21FN6O2/c1-12(28)25-15-3-2-4-16(9-15)26-20-24-11-17(18(22)29)19(27-20)23-10-13-5-7-14(21)8-6-13/h2-5,7,9,11H,6,8,10H2,1H3,(H2,22,29)(H,25,28)(H2,23,24,26,27). The molecule has 2 aromatic rings. The molecule has 1 aliphatic rings. The Bertz CT molecular complexity index is 1000. The lowest BCUT2D eigenvalue weighted by atomic mass is 10.0. The highest BCUT2D eigenvalue weighted by Crippen LogP contribution is 2.22. The lowest BCUT2D eigenvalue weighted by Gasteiger charge is -2.14. The first-order chi connectivity index (χ1) is 13.9. The molecule has 5 N–H and O–H groups in total. The SMILES string of the molecule is CC(=O)Nc1cccc(Nc2ncc(C(N)=O)c(NCC3=CC=C(F)CC3)n2)c1. The number of nitrogens with one attached hydrogen (secondary N) is 3. The number of nitrogens with zero attached hydrogens (tertiary/aromatic N) is 2. The van der Waals surface area contributed by atoms with Crippen LogP contribution in [0.15, 0.2) is 54.0 Å². The zero-order valence-corrected chi connectivity index (χ0v) is 15.8. The van der Waals surface area contributed by atoms with Crippen LogP contribution in [0.4, 0.5) is 27.5 Å². The second-order valence-electron chi connectivity index (χ2n) is 6.50. The maximum absolute atomic E-state index is 13.1. The molecule has 0 saturated heterocycles. The maximum atomic E-state index is 13.1. The van der Waals surface area contributed by atoms with E-state index in [4.69, 9.17) is 5.73 Å². The first-order valence-electron chi connectivity index (χ1n) is 9.00. The minimum Gasteiger partial charge on any atom is -0.365 e. The monoisotopic (exact) mass is 396 g/mol. The van der Waals surface area contributed by atoms with Crippen LogP contribution in [0.2, 0.25) is 0 Å². The van der Waals surface area contributed by atoms with Crippen LogP contribution >= 0.6 is 0 Å². The van der Waals surface area contributed by atoms with Crippen LogP contribution in [-0.2, 0) is 4.79 Å². The average Bonchev–Trinajstić information content (AvgIpc) is 2.67. The highest BCUT2D eigenvalue weighted by molar-refractivity contribution is 5.97. The fourth-order valence-corrected chi connectivity index (χ4v) is 2.76. The van der Waals surface area contributed by atoms with E-state index in [1.54, 1.807) is 30.3 Å². The Morgan fingerprint density at radius 3 is 2.69 bits per heavy atom. The molecule has 1 aromatic carbocycles. The first-order valence-corrected chi connectivity index (χ1v) is 9.00. The number of carbonyl (C=O) groups excluding carboxylic acids is 2. The van der Waals surface area contributed by atoms with Crippen molar-refractivity contribution in [2.75, 3.05) is 22.5 Å². The summed E-state index contributed by atoms with van der Waals surface area (Å²) in [7, 11) is 0. The Balaban J connectivity index is 1.77. The predicted octanol–water partition coefficient (Wildman–Crippen LogP) is 3.26. The smallest absolute Gasteiger partial charge is 0.254 e. The Morgan fingerprint density at radius 1 is 1.21 bits per heavy atom. The molecule has 0 aliphatic heterocycles. The van der Waals surface area contributed by atoms with Crippen LogP contribution in [0.3, 0.4) is 0 Å². The lowest BCUT2D eigenvalue weighted by molar-refractivity contribution is -0.114. The quantitative estimate of drug-likeness (QED) is 0.570. The van der Waals surface area contributed by atoms with Crippen LogP contribution in [-0.4, -0.2) is 28.3 Å². The van der Waals surface area contributed by atoms with E-state index in [1.165, 1.54) is 19.2 Å². The second kappa shape index (κ2) is 8.96. The number of amides is 2. The van der Waals surface area contributed by atoms with Crippen molar-refractivity contribution in [3.63, 3.8) is 0 Å². The zero-order chi connectivity index (χ0) is 20.8. The van der Waals surface area contributed by atoms with Crippen molar-refractivity contribution >= 4 is 35.0 Å². The predicted molar refractivity (Wildman–Crippen MR) is 110 cm³/mol. The molecule has 150 valence electrons. The zero-order valence-electron chi connectivity index (χ0n) is 15.8. The van der Waals surface area contributed by atoms with E-state index in [0.717, 1.165) is 5.57 Å². The number of benzene rings is 1. The number of hydrogen-bond acceptors (Lipinski definition) is 6. The number of rotatable bonds is 7. The summed E-state index contributed by atoms with van der Waals surface area (Å²) in [6.45, 7) is 1.83. The van der Waals surface area contributed by atoms with E-state index in [2.05, 4.69) is 25.9 Å². The molecule has 0 atom stereocenters. The minimum atomic E-state index is -0.657. The summed E-state index contributed by atoms with van der Waals surface area (Å²) < 4.78 is 13.1. The van der Waals surface area contributed by atoms with Gasteiger partial charge in [0, 0.05) is 37.5 Å². The van der Waals surface area contributed by atoms with Gasteiger partial charge in [-0.15, -0.1) is 0 Å². The van der Waals surface area contributed by atoms with Gasteiger partial charge in [0.15, 0.2) is 0 Å². The van der Waals surface area contributed by atoms with Gasteiger partial charge in [0.05, 0.1) is 5.56 Å². The molecule has 1 heterocycles. The summed E-state index contributed by atoms with van der Waals surface area (Å²) in [6.07, 6.45) is 5.44. The number of carbonyl (C=O) groups is 2. The van der Waals surface area contributed by atoms with E-state index in [1.807, 2.05) is 0 Å². The molecular formula is C20H21FN6O2. The molecule has 29 heavy (non-hydrogen) atoms. The Hall–Kier alpha value is -3.75. The molecule has 0 bridgehead atoms. The molecule has 8 nitrogen and oxygen atoms in total. The number of primary amides is 1. The molecule has 3 rings (SSSR count). The third-order valence-corrected chi connectivity index (χ3v) is 4.16. The Morgan fingerprint density at radius 2 is 2.00 bits per heavy atom. The summed E-state index contributed by atoms with van der Waals surface area (Å²) in [5.74, 6) is -0.454. The molecule has 0 saturated carbocycles. The summed E-state index contributed by atoms with van der Waals surface area (Å²) in [6, 6.07) is 7.05. The molecule has 2 amide bonds. The number of anilines is 4. The molecule has 9 heteroatoms. The third-order valence-electron chi connectivity index (χ3n) is 4.16. The highest BCUT2D eigenvalue weighted by Gasteiger charge is 2.14. The molecule has 1 aliphatic carbocycles. The topological polar surface area (TPSA) is 122 Å². The number of halogens is 1. The second-order valence-corrected chi connectivity index (χ2v) is 6.50. The largest absolute Gasteiger partial charge is 0.365 e. The fraction of sp³-hybridized carbons (Fsp3) is 0.200. The van der Waals surface area contributed by atoms with E-state index < -0.39 is 5.91 Å². The van der Waals surface area contributed by atoms with E-state index in [-0.39, 0.29) is 29.1 Å². The summed E-state index contributed by atoms with van der Waals surface area (Å²) in [4.78, 5) is 31.4. The Kier molecular flexibility index (Phi) is 6.18. The summed E-state index contributed by atoms with van der Waals surface area (Å²) >= 11 is 0. The molecule has 1 aromatic heterocycles. The van der Waals surface area contributed by atoms with Crippen LogP contribution in [0, 0.1) is 0 Å². The van der Waals surface area contributed by atoms with Crippen molar-refractivity contribution in [3.8, 4) is 0 Å². The van der Waals surface area contributed by atoms with Crippen LogP contribution in [0.1, 0.15) is 30.1 Å². The van der Waals surface area contributed by atoms with Gasteiger partial charge in [-0.05, 0) is 30.7 Å². The van der Waals surface area contributed by atoms with Crippen LogP contribution < -0.4 is 21.7 Å². The van der Waals surface area contributed by atoms with Gasteiger partial charge in [0.1, 0.15) is 11.6 Å². The number of nitrogens with two attached hydrogens (primary N) is 1. The van der Waals surface area contributed by atoms with E-state index in [9.17, 15) is 14.0 Å². The summed E-state index contributed by atoms with van der Waals surface area (Å²) in [5, 5.41) is 8.80. The number of allylic oxidation sites excluding steroid dienone is 3. The van der Waals surface area contributed by atoms with Gasteiger partial charge >= 0.3 is 0 Å². The molecule has 0 radical (unpaired) electrons. The van der Waals surface area contributed by atoms with Gasteiger partial charge in [0.2, 0.25) is 11.9 Å². The molecule has 0 spiro atoms. The lowest BCUT2D eigenvalue weighted by Crippen LogP contribution is -2.18. The molecule has 0 fully saturated rings. The fourth-order valence-electron chi connectivity index (χ4n) is 2.76. The van der Waals surface area contributed by atoms with Crippen molar-refractivity contribution in [3.05, 3.63) is 59.6 Å². The highest BCUT2D eigenvalue weighted by atomic mass is 19.1. The summed E-state index contributed by atoms with van der Waals surface area (Å²) in [5.41, 5.74) is 7.84. The molecular weight excluding hydrogens is 375 g/mol. The van der Waals surface area contributed by atoms with Crippen LogP contribution in [0.5, 0.6) is 0 Å². The van der Waals surface area contributed by atoms with Crippen molar-refractivity contribution in [2.24, 2.45) is 5.73 Å². The van der Waals surface area contributed by atoms with Crippen molar-refractivity contribution in [1.29, 1.82) is 0 Å². The third kappa shape index (κ3) is 5.61. The Labute approximate surface area is 167 Å².